The smallest absolute Gasteiger partial charge is 0.321 e. The summed E-state index contributed by atoms with van der Waals surface area (Å²) < 4.78 is 0. The summed E-state index contributed by atoms with van der Waals surface area (Å²) in [4.78, 5) is 15.9. The molecule has 0 unspecified atom stereocenters. The molecule has 0 aliphatic heterocycles. The van der Waals surface area contributed by atoms with Gasteiger partial charge in [0.05, 0.1) is 5.69 Å². The first kappa shape index (κ1) is 13.5. The zero-order valence-corrected chi connectivity index (χ0v) is 12.1. The number of carbonyl (C=O) groups is 1. The number of anilines is 1. The van der Waals surface area contributed by atoms with Crippen molar-refractivity contribution in [3.05, 3.63) is 34.7 Å². The summed E-state index contributed by atoms with van der Waals surface area (Å²) in [6, 6.07) is 6.06. The molecule has 0 bridgehead atoms. The van der Waals surface area contributed by atoms with Crippen molar-refractivity contribution in [2.24, 2.45) is 0 Å². The molecule has 0 saturated heterocycles. The Kier molecular flexibility index (Phi) is 4.16. The fraction of sp³-hybridized carbons (Fsp3) is 0.286. The van der Waals surface area contributed by atoms with Gasteiger partial charge < -0.3 is 5.32 Å². The van der Waals surface area contributed by atoms with E-state index in [1.807, 2.05) is 12.3 Å². The molecule has 0 radical (unpaired) electrons. The van der Waals surface area contributed by atoms with Crippen molar-refractivity contribution >= 4 is 22.5 Å². The van der Waals surface area contributed by atoms with E-state index in [0.717, 1.165) is 11.3 Å². The molecular weight excluding hydrogens is 258 g/mol. The number of aryl methyl sites for hydroxylation is 2. The maximum Gasteiger partial charge on any atom is 0.321 e. The van der Waals surface area contributed by atoms with Gasteiger partial charge >= 0.3 is 6.03 Å². The average molecular weight is 275 g/mol. The first-order chi connectivity index (χ1) is 9.10. The van der Waals surface area contributed by atoms with E-state index in [-0.39, 0.29) is 6.03 Å². The predicted octanol–water partition coefficient (Wildman–Crippen LogP) is 3.57. The number of aromatic nitrogens is 1. The number of nitrogens with zero attached hydrogens (tertiary/aromatic N) is 1. The van der Waals surface area contributed by atoms with Crippen molar-refractivity contribution in [2.45, 2.75) is 20.8 Å². The van der Waals surface area contributed by atoms with Gasteiger partial charge in [-0.1, -0.05) is 17.7 Å². The average Bonchev–Trinajstić information content (AvgIpc) is 2.81. The number of thiazole rings is 1. The minimum Gasteiger partial charge on any atom is -0.338 e. The number of benzene rings is 1. The van der Waals surface area contributed by atoms with E-state index in [0.29, 0.717) is 11.7 Å². The van der Waals surface area contributed by atoms with Crippen molar-refractivity contribution in [1.29, 1.82) is 0 Å². The van der Waals surface area contributed by atoms with Gasteiger partial charge in [0.2, 0.25) is 0 Å². The molecule has 0 spiro atoms. The van der Waals surface area contributed by atoms with E-state index < -0.39 is 0 Å². The lowest BCUT2D eigenvalue weighted by Gasteiger charge is -2.04. The van der Waals surface area contributed by atoms with Crippen LogP contribution in [0.5, 0.6) is 0 Å². The molecule has 0 aliphatic carbocycles. The molecule has 5 heteroatoms. The molecule has 19 heavy (non-hydrogen) atoms. The van der Waals surface area contributed by atoms with Crippen LogP contribution in [0.1, 0.15) is 18.1 Å². The second-order valence-corrected chi connectivity index (χ2v) is 5.20. The maximum absolute atomic E-state index is 11.4. The number of hydrogen-bond donors (Lipinski definition) is 2. The lowest BCUT2D eigenvalue weighted by Crippen LogP contribution is -2.28. The summed E-state index contributed by atoms with van der Waals surface area (Å²) in [5.74, 6) is 0. The second kappa shape index (κ2) is 5.84. The van der Waals surface area contributed by atoms with E-state index in [2.05, 4.69) is 47.7 Å². The fourth-order valence-electron chi connectivity index (χ4n) is 1.77. The zero-order valence-electron chi connectivity index (χ0n) is 11.3. The molecule has 0 atom stereocenters. The van der Waals surface area contributed by atoms with Crippen LogP contribution in [-0.2, 0) is 0 Å². The number of carbonyl (C=O) groups excluding carboxylic acids is 1. The van der Waals surface area contributed by atoms with Gasteiger partial charge in [-0.15, -0.1) is 11.3 Å². The molecule has 0 saturated carbocycles. The number of amides is 2. The molecule has 0 aliphatic rings. The van der Waals surface area contributed by atoms with Crippen LogP contribution in [0.25, 0.3) is 11.3 Å². The normalized spacial score (nSPS) is 10.3. The van der Waals surface area contributed by atoms with Gasteiger partial charge in [-0.3, -0.25) is 5.32 Å². The van der Waals surface area contributed by atoms with Crippen LogP contribution in [0.15, 0.2) is 23.6 Å². The van der Waals surface area contributed by atoms with Crippen molar-refractivity contribution in [1.82, 2.24) is 10.3 Å². The van der Waals surface area contributed by atoms with E-state index >= 15 is 0 Å². The SMILES string of the molecule is CCNC(=O)Nc1nc(-c2cc(C)ccc2C)cs1. The Morgan fingerprint density at radius 3 is 2.89 bits per heavy atom. The molecule has 1 aromatic heterocycles. The third kappa shape index (κ3) is 3.32. The molecule has 2 rings (SSSR count). The van der Waals surface area contributed by atoms with E-state index in [9.17, 15) is 4.79 Å². The molecule has 1 aromatic carbocycles. The molecule has 2 amide bonds. The van der Waals surface area contributed by atoms with Crippen molar-refractivity contribution in [2.75, 3.05) is 11.9 Å². The Hall–Kier alpha value is -1.88. The fourth-order valence-corrected chi connectivity index (χ4v) is 2.47. The van der Waals surface area contributed by atoms with Gasteiger partial charge in [-0.05, 0) is 32.4 Å². The molecule has 2 N–H and O–H groups in total. The highest BCUT2D eigenvalue weighted by Gasteiger charge is 2.09. The highest BCUT2D eigenvalue weighted by molar-refractivity contribution is 7.14. The lowest BCUT2D eigenvalue weighted by molar-refractivity contribution is 0.252. The van der Waals surface area contributed by atoms with Crippen LogP contribution in [-0.4, -0.2) is 17.6 Å². The molecule has 0 fully saturated rings. The van der Waals surface area contributed by atoms with Crippen LogP contribution >= 0.6 is 11.3 Å². The monoisotopic (exact) mass is 275 g/mol. The van der Waals surface area contributed by atoms with Crippen LogP contribution in [0.3, 0.4) is 0 Å². The van der Waals surface area contributed by atoms with E-state index in [1.165, 1.54) is 22.5 Å². The third-order valence-corrected chi connectivity index (χ3v) is 3.49. The van der Waals surface area contributed by atoms with E-state index in [4.69, 9.17) is 0 Å². The van der Waals surface area contributed by atoms with Gasteiger partial charge in [0.1, 0.15) is 0 Å². The standard InChI is InChI=1S/C14H17N3OS/c1-4-15-13(18)17-14-16-12(8-19-14)11-7-9(2)5-6-10(11)3/h5-8H,4H2,1-3H3,(H2,15,16,17,18). The number of nitrogens with one attached hydrogen (secondary N) is 2. The Labute approximate surface area is 116 Å². The highest BCUT2D eigenvalue weighted by atomic mass is 32.1. The Morgan fingerprint density at radius 1 is 1.37 bits per heavy atom. The topological polar surface area (TPSA) is 54.0 Å². The van der Waals surface area contributed by atoms with Gasteiger partial charge in [0.25, 0.3) is 0 Å². The molecule has 4 nitrogen and oxygen atoms in total. The summed E-state index contributed by atoms with van der Waals surface area (Å²) in [5, 5.41) is 7.98. The van der Waals surface area contributed by atoms with Crippen molar-refractivity contribution in [3.8, 4) is 11.3 Å². The van der Waals surface area contributed by atoms with Crippen molar-refractivity contribution < 1.29 is 4.79 Å². The Morgan fingerprint density at radius 2 is 2.16 bits per heavy atom. The minimum absolute atomic E-state index is 0.218. The maximum atomic E-state index is 11.4. The number of hydrogen-bond acceptors (Lipinski definition) is 3. The zero-order chi connectivity index (χ0) is 13.8. The van der Waals surface area contributed by atoms with Crippen LogP contribution in [0.4, 0.5) is 9.93 Å². The van der Waals surface area contributed by atoms with Crippen LogP contribution < -0.4 is 10.6 Å². The lowest BCUT2D eigenvalue weighted by atomic mass is 10.0. The minimum atomic E-state index is -0.218. The second-order valence-electron chi connectivity index (χ2n) is 4.34. The summed E-state index contributed by atoms with van der Waals surface area (Å²) in [6.45, 7) is 6.60. The first-order valence-corrected chi connectivity index (χ1v) is 7.06. The van der Waals surface area contributed by atoms with Crippen LogP contribution in [0, 0.1) is 13.8 Å². The first-order valence-electron chi connectivity index (χ1n) is 6.18. The molecule has 1 heterocycles. The van der Waals surface area contributed by atoms with Crippen molar-refractivity contribution in [3.63, 3.8) is 0 Å². The van der Waals surface area contributed by atoms with Gasteiger partial charge in [-0.25, -0.2) is 9.78 Å². The van der Waals surface area contributed by atoms with E-state index in [1.54, 1.807) is 0 Å². The number of rotatable bonds is 3. The van der Waals surface area contributed by atoms with Gasteiger partial charge in [-0.2, -0.15) is 0 Å². The summed E-state index contributed by atoms with van der Waals surface area (Å²) >= 11 is 1.43. The van der Waals surface area contributed by atoms with Gasteiger partial charge in [0, 0.05) is 17.5 Å². The Bertz CT molecular complexity index is 592. The largest absolute Gasteiger partial charge is 0.338 e. The molecule has 2 aromatic rings. The molecular formula is C14H17N3OS. The third-order valence-electron chi connectivity index (χ3n) is 2.73. The van der Waals surface area contributed by atoms with Gasteiger partial charge in [0.15, 0.2) is 5.13 Å². The molecule has 100 valence electrons. The predicted molar refractivity (Wildman–Crippen MR) is 79.7 cm³/mol. The quantitative estimate of drug-likeness (QED) is 0.899. The van der Waals surface area contributed by atoms with Crippen LogP contribution in [0.2, 0.25) is 0 Å². The Balaban J connectivity index is 2.21. The summed E-state index contributed by atoms with van der Waals surface area (Å²) in [5.41, 5.74) is 4.39. The summed E-state index contributed by atoms with van der Waals surface area (Å²) in [6.07, 6.45) is 0. The number of urea groups is 1. The highest BCUT2D eigenvalue weighted by Crippen LogP contribution is 2.28. The summed E-state index contributed by atoms with van der Waals surface area (Å²) in [7, 11) is 0.